The van der Waals surface area contributed by atoms with Crippen molar-refractivity contribution in [3.8, 4) is 0 Å². The van der Waals surface area contributed by atoms with Crippen LogP contribution in [-0.2, 0) is 17.6 Å². The summed E-state index contributed by atoms with van der Waals surface area (Å²) in [4.78, 5) is 31.1. The summed E-state index contributed by atoms with van der Waals surface area (Å²) in [7, 11) is 4.10. The van der Waals surface area contributed by atoms with Gasteiger partial charge >= 0.3 is 0 Å². The van der Waals surface area contributed by atoms with Crippen LogP contribution in [0.5, 0.6) is 0 Å². The molecule has 8 nitrogen and oxygen atoms in total. The maximum Gasteiger partial charge on any atom is 0.269 e. The van der Waals surface area contributed by atoms with Crippen molar-refractivity contribution >= 4 is 11.6 Å². The van der Waals surface area contributed by atoms with Gasteiger partial charge in [-0.1, -0.05) is 12.2 Å². The lowest BCUT2D eigenvalue weighted by atomic mass is 9.89. The van der Waals surface area contributed by atoms with Crippen LogP contribution in [0.2, 0.25) is 0 Å². The third-order valence-corrected chi connectivity index (χ3v) is 6.63. The predicted octanol–water partition coefficient (Wildman–Crippen LogP) is 1.56. The molecule has 3 heterocycles. The van der Waals surface area contributed by atoms with Crippen LogP contribution in [0.1, 0.15) is 30.5 Å². The fraction of sp³-hybridized carbons (Fsp3) is 0.625. The van der Waals surface area contributed by atoms with E-state index >= 15 is 4.39 Å². The van der Waals surface area contributed by atoms with E-state index < -0.39 is 11.6 Å². The number of nitrogens with zero attached hydrogens (tertiary/aromatic N) is 4. The molecule has 0 unspecified atom stereocenters. The Morgan fingerprint density at radius 2 is 2.06 bits per heavy atom. The van der Waals surface area contributed by atoms with Crippen LogP contribution >= 0.6 is 0 Å². The Balaban J connectivity index is 1.37. The lowest BCUT2D eigenvalue weighted by molar-refractivity contribution is -0.142. The summed E-state index contributed by atoms with van der Waals surface area (Å²) in [5.41, 5.74) is 0.0547. The molecule has 33 heavy (non-hydrogen) atoms. The Labute approximate surface area is 194 Å². The number of nitrogens with one attached hydrogen (secondary N) is 2. The number of halogens is 1. The first-order chi connectivity index (χ1) is 15.9. The molecule has 180 valence electrons. The molecule has 1 fully saturated rings. The van der Waals surface area contributed by atoms with Gasteiger partial charge in [-0.05, 0) is 58.5 Å². The zero-order valence-corrected chi connectivity index (χ0v) is 19.6. The average molecular weight is 459 g/mol. The third-order valence-electron chi connectivity index (χ3n) is 6.63. The van der Waals surface area contributed by atoms with Gasteiger partial charge in [0.2, 0.25) is 5.67 Å². The van der Waals surface area contributed by atoms with Crippen molar-refractivity contribution in [1.29, 1.82) is 0 Å². The number of allylic oxidation sites excluding steroid dienone is 2. The zero-order valence-electron chi connectivity index (χ0n) is 19.6. The van der Waals surface area contributed by atoms with Crippen LogP contribution in [0.25, 0.3) is 0 Å². The second-order valence-corrected chi connectivity index (χ2v) is 9.58. The van der Waals surface area contributed by atoms with Crippen molar-refractivity contribution in [2.75, 3.05) is 58.8 Å². The summed E-state index contributed by atoms with van der Waals surface area (Å²) in [5, 5.41) is 10.1. The SMILES string of the molecule is CN(C)CCCN1CCCN(C(=O)C2(F)C=CC(Cc3n[nH]c(=O)c4c3NCCC4)C=C2)C1. The fourth-order valence-corrected chi connectivity index (χ4v) is 4.82. The monoisotopic (exact) mass is 458 g/mol. The highest BCUT2D eigenvalue weighted by molar-refractivity contribution is 5.90. The second-order valence-electron chi connectivity index (χ2n) is 9.58. The summed E-state index contributed by atoms with van der Waals surface area (Å²) < 4.78 is 15.6. The van der Waals surface area contributed by atoms with Crippen LogP contribution in [0, 0.1) is 5.92 Å². The highest BCUT2D eigenvalue weighted by Gasteiger charge is 2.40. The van der Waals surface area contributed by atoms with E-state index in [9.17, 15) is 9.59 Å². The van der Waals surface area contributed by atoms with Crippen molar-refractivity contribution < 1.29 is 9.18 Å². The summed E-state index contributed by atoms with van der Waals surface area (Å²) in [6.45, 7) is 4.70. The molecule has 0 bridgehead atoms. The quantitative estimate of drug-likeness (QED) is 0.604. The molecule has 1 amide bonds. The molecule has 0 aromatic carbocycles. The number of aromatic amines is 1. The summed E-state index contributed by atoms with van der Waals surface area (Å²) in [6, 6.07) is 0. The number of hydrogen-bond acceptors (Lipinski definition) is 6. The van der Waals surface area contributed by atoms with Crippen LogP contribution in [0.15, 0.2) is 29.1 Å². The normalized spacial score (nSPS) is 25.2. The lowest BCUT2D eigenvalue weighted by Gasteiger charge is -2.38. The van der Waals surface area contributed by atoms with Crippen LogP contribution in [0.3, 0.4) is 0 Å². The molecule has 3 aliphatic rings. The molecule has 1 aliphatic carbocycles. The van der Waals surface area contributed by atoms with Crippen LogP contribution < -0.4 is 10.9 Å². The minimum absolute atomic E-state index is 0.0863. The van der Waals surface area contributed by atoms with Gasteiger partial charge in [-0.3, -0.25) is 14.5 Å². The first-order valence-electron chi connectivity index (χ1n) is 11.9. The van der Waals surface area contributed by atoms with Gasteiger partial charge in [0.25, 0.3) is 11.5 Å². The number of carbonyl (C=O) groups is 1. The highest BCUT2D eigenvalue weighted by atomic mass is 19.1. The summed E-state index contributed by atoms with van der Waals surface area (Å²) in [5.74, 6) is -0.580. The molecule has 1 aromatic heterocycles. The molecule has 0 atom stereocenters. The third kappa shape index (κ3) is 5.52. The number of alkyl halides is 1. The number of rotatable bonds is 7. The standard InChI is InChI=1S/C24H35FN6O2/c1-29(2)12-4-13-30-14-5-15-31(17-30)23(33)24(25)9-7-18(8-10-24)16-20-21-19(6-3-11-26-21)22(32)28-27-20/h7-10,18,26H,3-6,11-17H2,1-2H3,(H,28,32). The molecule has 2 aliphatic heterocycles. The van der Waals surface area contributed by atoms with E-state index in [0.29, 0.717) is 19.6 Å². The number of anilines is 1. The molecule has 0 spiro atoms. The molecule has 0 saturated carbocycles. The van der Waals surface area contributed by atoms with E-state index in [1.54, 1.807) is 17.1 Å². The van der Waals surface area contributed by atoms with Gasteiger partial charge < -0.3 is 15.1 Å². The Hall–Kier alpha value is -2.52. The van der Waals surface area contributed by atoms with E-state index in [-0.39, 0.29) is 11.5 Å². The molecule has 1 saturated heterocycles. The number of amides is 1. The first kappa shape index (κ1) is 23.6. The van der Waals surface area contributed by atoms with Gasteiger partial charge in [0.1, 0.15) is 0 Å². The Morgan fingerprint density at radius 1 is 1.27 bits per heavy atom. The molecule has 9 heteroatoms. The molecule has 2 N–H and O–H groups in total. The molecule has 1 aromatic rings. The summed E-state index contributed by atoms with van der Waals surface area (Å²) in [6.07, 6.45) is 10.3. The minimum Gasteiger partial charge on any atom is -0.383 e. The van der Waals surface area contributed by atoms with Crippen molar-refractivity contribution in [2.45, 2.75) is 37.8 Å². The van der Waals surface area contributed by atoms with Crippen LogP contribution in [0.4, 0.5) is 10.1 Å². The number of aromatic nitrogens is 2. The summed E-state index contributed by atoms with van der Waals surface area (Å²) >= 11 is 0. The van der Waals surface area contributed by atoms with Crippen molar-refractivity contribution in [2.24, 2.45) is 5.92 Å². The van der Waals surface area contributed by atoms with E-state index in [1.165, 1.54) is 12.2 Å². The lowest BCUT2D eigenvalue weighted by Crippen LogP contribution is -2.53. The zero-order chi connectivity index (χ0) is 23.4. The van der Waals surface area contributed by atoms with Gasteiger partial charge in [0, 0.05) is 44.1 Å². The maximum absolute atomic E-state index is 15.6. The average Bonchev–Trinajstić information content (AvgIpc) is 2.82. The van der Waals surface area contributed by atoms with Gasteiger partial charge in [-0.25, -0.2) is 9.49 Å². The largest absolute Gasteiger partial charge is 0.383 e. The smallest absolute Gasteiger partial charge is 0.269 e. The molecular formula is C24H35FN6O2. The van der Waals surface area contributed by atoms with Gasteiger partial charge in [-0.15, -0.1) is 0 Å². The highest BCUT2D eigenvalue weighted by Crippen LogP contribution is 2.30. The number of fused-ring (bicyclic) bond motifs is 1. The number of H-pyrrole nitrogens is 1. The van der Waals surface area contributed by atoms with Crippen LogP contribution in [-0.4, -0.2) is 90.0 Å². The minimum atomic E-state index is -2.11. The number of hydrogen-bond donors (Lipinski definition) is 2. The first-order valence-corrected chi connectivity index (χ1v) is 11.9. The van der Waals surface area contributed by atoms with E-state index in [0.717, 1.165) is 68.8 Å². The van der Waals surface area contributed by atoms with E-state index in [1.807, 2.05) is 14.1 Å². The van der Waals surface area contributed by atoms with Crippen molar-refractivity contribution in [1.82, 2.24) is 24.9 Å². The Bertz CT molecular complexity index is 958. The topological polar surface area (TPSA) is 84.6 Å². The van der Waals surface area contributed by atoms with Gasteiger partial charge in [0.15, 0.2) is 0 Å². The molecular weight excluding hydrogens is 423 g/mol. The number of carbonyl (C=O) groups excluding carboxylic acids is 1. The predicted molar refractivity (Wildman–Crippen MR) is 127 cm³/mol. The second kappa shape index (κ2) is 10.2. The molecule has 0 radical (unpaired) electrons. The molecule has 4 rings (SSSR count). The van der Waals surface area contributed by atoms with E-state index in [4.69, 9.17) is 0 Å². The van der Waals surface area contributed by atoms with Crippen molar-refractivity contribution in [3.63, 3.8) is 0 Å². The fourth-order valence-electron chi connectivity index (χ4n) is 4.82. The van der Waals surface area contributed by atoms with E-state index in [2.05, 4.69) is 25.3 Å². The van der Waals surface area contributed by atoms with Gasteiger partial charge in [-0.2, -0.15) is 5.10 Å². The maximum atomic E-state index is 15.6. The van der Waals surface area contributed by atoms with Gasteiger partial charge in [0.05, 0.1) is 18.1 Å². The Kier molecular flexibility index (Phi) is 7.29. The Morgan fingerprint density at radius 3 is 2.82 bits per heavy atom. The van der Waals surface area contributed by atoms with Crippen molar-refractivity contribution in [3.05, 3.63) is 45.9 Å².